The molecule has 0 saturated carbocycles. The fraction of sp³-hybridized carbons (Fsp3) is 0.607. The van der Waals surface area contributed by atoms with E-state index in [1.165, 1.54) is 5.57 Å². The lowest BCUT2D eigenvalue weighted by atomic mass is 9.73. The summed E-state index contributed by atoms with van der Waals surface area (Å²) in [5, 5.41) is 11.1. The standard InChI is InChI=1S/C28H41NO3/c1-6-7-8-10-21-16-25(30)28(24-15-20(4)13-14-23(24)19(2)3)26(17-21)32-27(31)12-9-11-22-18-29(22)5/h15-17,22-24,30H,2,6-14,18H2,1,3-5H3/t22?,23-,24+,29?/m0/s1. The van der Waals surface area contributed by atoms with Gasteiger partial charge in [-0.3, -0.25) is 4.79 Å². The lowest BCUT2D eigenvalue weighted by Crippen LogP contribution is -2.19. The number of ether oxygens (including phenoxy) is 1. The molecule has 1 aliphatic carbocycles. The lowest BCUT2D eigenvalue weighted by molar-refractivity contribution is -0.134. The average molecular weight is 440 g/mol. The quantitative estimate of drug-likeness (QED) is 0.140. The number of aromatic hydroxyl groups is 1. The number of phenols is 1. The Morgan fingerprint density at radius 1 is 1.28 bits per heavy atom. The van der Waals surface area contributed by atoms with Crippen LogP contribution in [-0.2, 0) is 11.2 Å². The molecule has 2 aliphatic rings. The van der Waals surface area contributed by atoms with E-state index in [4.69, 9.17) is 4.74 Å². The highest BCUT2D eigenvalue weighted by Gasteiger charge is 2.32. The third-order valence-corrected chi connectivity index (χ3v) is 7.09. The van der Waals surface area contributed by atoms with Crippen LogP contribution in [0.15, 0.2) is 35.9 Å². The van der Waals surface area contributed by atoms with Crippen LogP contribution in [0.25, 0.3) is 0 Å². The van der Waals surface area contributed by atoms with Crippen LogP contribution in [0.2, 0.25) is 0 Å². The first kappa shape index (κ1) is 24.6. The van der Waals surface area contributed by atoms with Crippen LogP contribution >= 0.6 is 0 Å². The van der Waals surface area contributed by atoms with Gasteiger partial charge in [-0.2, -0.15) is 0 Å². The lowest BCUT2D eigenvalue weighted by Gasteiger charge is -2.32. The number of aryl methyl sites for hydroxylation is 1. The SMILES string of the molecule is C=C(C)[C@@H]1CCC(C)=C[C@H]1c1c(O)cc(CCCCC)cc1OC(=O)CCCC1CN1C. The molecule has 1 aromatic carbocycles. The normalized spacial score (nSPS) is 24.7. The smallest absolute Gasteiger partial charge is 0.311 e. The van der Waals surface area contributed by atoms with Crippen molar-refractivity contribution < 1.29 is 14.6 Å². The first-order valence-electron chi connectivity index (χ1n) is 12.4. The van der Waals surface area contributed by atoms with E-state index in [9.17, 15) is 9.90 Å². The van der Waals surface area contributed by atoms with Crippen molar-refractivity contribution in [3.8, 4) is 11.5 Å². The maximum atomic E-state index is 12.7. The molecule has 4 nitrogen and oxygen atoms in total. The van der Waals surface area contributed by atoms with Gasteiger partial charge in [0, 0.05) is 30.5 Å². The number of benzene rings is 1. The second-order valence-electron chi connectivity index (χ2n) is 9.97. The topological polar surface area (TPSA) is 49.5 Å². The van der Waals surface area contributed by atoms with Crippen molar-refractivity contribution in [3.05, 3.63) is 47.1 Å². The minimum atomic E-state index is -0.206. The van der Waals surface area contributed by atoms with Crippen LogP contribution in [0.3, 0.4) is 0 Å². The van der Waals surface area contributed by atoms with E-state index in [1.54, 1.807) is 0 Å². The second kappa shape index (κ2) is 11.2. The van der Waals surface area contributed by atoms with Crippen molar-refractivity contribution >= 4 is 5.97 Å². The van der Waals surface area contributed by atoms with Crippen molar-refractivity contribution in [2.24, 2.45) is 5.92 Å². The maximum absolute atomic E-state index is 12.7. The van der Waals surface area contributed by atoms with Crippen LogP contribution in [0.4, 0.5) is 0 Å². The molecule has 1 fully saturated rings. The minimum Gasteiger partial charge on any atom is -0.507 e. The third-order valence-electron chi connectivity index (χ3n) is 7.09. The number of hydrogen-bond donors (Lipinski definition) is 1. The Bertz CT molecular complexity index is 856. The zero-order valence-corrected chi connectivity index (χ0v) is 20.5. The summed E-state index contributed by atoms with van der Waals surface area (Å²) in [4.78, 5) is 15.0. The zero-order chi connectivity index (χ0) is 23.3. The number of rotatable bonds is 11. The van der Waals surface area contributed by atoms with E-state index in [1.807, 2.05) is 12.1 Å². The highest BCUT2D eigenvalue weighted by molar-refractivity contribution is 5.73. The van der Waals surface area contributed by atoms with Gasteiger partial charge in [-0.05, 0) is 83.0 Å². The van der Waals surface area contributed by atoms with Crippen LogP contribution < -0.4 is 4.74 Å². The van der Waals surface area contributed by atoms with Crippen molar-refractivity contribution in [2.75, 3.05) is 13.6 Å². The van der Waals surface area contributed by atoms with Gasteiger partial charge in [0.1, 0.15) is 11.5 Å². The fourth-order valence-electron chi connectivity index (χ4n) is 4.97. The van der Waals surface area contributed by atoms with Crippen molar-refractivity contribution in [1.29, 1.82) is 0 Å². The number of carbonyl (C=O) groups is 1. The molecular formula is C28H41NO3. The maximum Gasteiger partial charge on any atom is 0.311 e. The molecule has 3 rings (SSSR count). The molecule has 0 bridgehead atoms. The summed E-state index contributed by atoms with van der Waals surface area (Å²) in [5.41, 5.74) is 4.19. The van der Waals surface area contributed by atoms with Gasteiger partial charge in [0.15, 0.2) is 0 Å². The summed E-state index contributed by atoms with van der Waals surface area (Å²) in [5.74, 6) is 0.783. The molecular weight excluding hydrogens is 398 g/mol. The predicted octanol–water partition coefficient (Wildman–Crippen LogP) is 6.53. The summed E-state index contributed by atoms with van der Waals surface area (Å²) in [6.07, 6.45) is 10.8. The van der Waals surface area contributed by atoms with Crippen LogP contribution in [0, 0.1) is 5.92 Å². The van der Waals surface area contributed by atoms with Gasteiger partial charge in [0.2, 0.25) is 0 Å². The molecule has 4 heteroatoms. The second-order valence-corrected chi connectivity index (χ2v) is 9.97. The largest absolute Gasteiger partial charge is 0.507 e. The van der Waals surface area contributed by atoms with Gasteiger partial charge in [-0.15, -0.1) is 0 Å². The van der Waals surface area contributed by atoms with E-state index in [0.717, 1.165) is 74.6 Å². The molecule has 1 saturated heterocycles. The zero-order valence-electron chi connectivity index (χ0n) is 20.5. The van der Waals surface area contributed by atoms with Crippen molar-refractivity contribution in [2.45, 2.75) is 90.5 Å². The van der Waals surface area contributed by atoms with Crippen LogP contribution in [-0.4, -0.2) is 35.6 Å². The number of likely N-dealkylation sites (N-methyl/N-ethyl adjacent to an activating group) is 1. The molecule has 0 radical (unpaired) electrons. The average Bonchev–Trinajstić information content (AvgIpc) is 3.42. The number of nitrogens with zero attached hydrogens (tertiary/aromatic N) is 1. The van der Waals surface area contributed by atoms with Gasteiger partial charge in [0.05, 0.1) is 0 Å². The number of allylic oxidation sites excluding steroid dienone is 3. The summed E-state index contributed by atoms with van der Waals surface area (Å²) in [6, 6.07) is 4.49. The number of esters is 1. The molecule has 0 spiro atoms. The molecule has 1 aromatic rings. The van der Waals surface area contributed by atoms with E-state index in [2.05, 4.69) is 45.4 Å². The Kier molecular flexibility index (Phi) is 8.58. The third kappa shape index (κ3) is 6.48. The molecule has 4 atom stereocenters. The Morgan fingerprint density at radius 2 is 2.03 bits per heavy atom. The molecule has 1 aliphatic heterocycles. The molecule has 176 valence electrons. The monoisotopic (exact) mass is 439 g/mol. The predicted molar refractivity (Wildman–Crippen MR) is 131 cm³/mol. The number of carbonyl (C=O) groups excluding carboxylic acids is 1. The van der Waals surface area contributed by atoms with E-state index in [0.29, 0.717) is 18.2 Å². The van der Waals surface area contributed by atoms with Gasteiger partial charge in [-0.1, -0.05) is 43.6 Å². The number of phenolic OH excluding ortho intramolecular Hbond substituents is 1. The van der Waals surface area contributed by atoms with Gasteiger partial charge >= 0.3 is 5.97 Å². The number of hydrogen-bond acceptors (Lipinski definition) is 4. The van der Waals surface area contributed by atoms with Crippen molar-refractivity contribution in [3.63, 3.8) is 0 Å². The molecule has 32 heavy (non-hydrogen) atoms. The Hall–Kier alpha value is -2.07. The van der Waals surface area contributed by atoms with Gasteiger partial charge in [-0.25, -0.2) is 0 Å². The molecule has 2 unspecified atom stereocenters. The van der Waals surface area contributed by atoms with Crippen molar-refractivity contribution in [1.82, 2.24) is 4.90 Å². The summed E-state index contributed by atoms with van der Waals surface area (Å²) in [6.45, 7) is 11.7. The van der Waals surface area contributed by atoms with Gasteiger partial charge < -0.3 is 14.7 Å². The number of unbranched alkanes of at least 4 members (excludes halogenated alkanes) is 2. The van der Waals surface area contributed by atoms with Gasteiger partial charge in [0.25, 0.3) is 0 Å². The van der Waals surface area contributed by atoms with E-state index >= 15 is 0 Å². The van der Waals surface area contributed by atoms with E-state index in [-0.39, 0.29) is 23.6 Å². The highest BCUT2D eigenvalue weighted by atomic mass is 16.5. The van der Waals surface area contributed by atoms with E-state index < -0.39 is 0 Å². The summed E-state index contributed by atoms with van der Waals surface area (Å²) >= 11 is 0. The molecule has 0 amide bonds. The molecule has 0 aromatic heterocycles. The summed E-state index contributed by atoms with van der Waals surface area (Å²) in [7, 11) is 2.11. The van der Waals surface area contributed by atoms with Crippen LogP contribution in [0.1, 0.15) is 89.2 Å². The summed E-state index contributed by atoms with van der Waals surface area (Å²) < 4.78 is 5.95. The van der Waals surface area contributed by atoms with Crippen LogP contribution in [0.5, 0.6) is 11.5 Å². The first-order valence-corrected chi connectivity index (χ1v) is 12.4. The Balaban J connectivity index is 1.85. The fourth-order valence-corrected chi connectivity index (χ4v) is 4.97. The molecule has 1 heterocycles. The highest BCUT2D eigenvalue weighted by Crippen LogP contribution is 2.47. The minimum absolute atomic E-state index is 0.0196. The Labute approximate surface area is 194 Å². The first-order chi connectivity index (χ1) is 15.3. The molecule has 1 N–H and O–H groups in total. The Morgan fingerprint density at radius 3 is 2.69 bits per heavy atom.